The van der Waals surface area contributed by atoms with Crippen LogP contribution in [0.4, 0.5) is 0 Å². The molecule has 1 aliphatic rings. The molecule has 160 valence electrons. The van der Waals surface area contributed by atoms with E-state index in [1.807, 2.05) is 30.3 Å². The van der Waals surface area contributed by atoms with Gasteiger partial charge in [0, 0.05) is 23.1 Å². The number of hydrogen-bond acceptors (Lipinski definition) is 4. The number of nitrogens with two attached hydrogens (primary N) is 2. The van der Waals surface area contributed by atoms with Crippen molar-refractivity contribution in [3.05, 3.63) is 65.7 Å². The Balaban J connectivity index is 1.57. The summed E-state index contributed by atoms with van der Waals surface area (Å²) in [5.41, 5.74) is 14.4. The molecule has 6 heteroatoms. The van der Waals surface area contributed by atoms with E-state index in [-0.39, 0.29) is 5.91 Å². The largest absolute Gasteiger partial charge is 0.366 e. The topological polar surface area (TPSA) is 111 Å². The normalized spacial score (nSPS) is 18.6. The van der Waals surface area contributed by atoms with Gasteiger partial charge in [-0.15, -0.1) is 0 Å². The van der Waals surface area contributed by atoms with Gasteiger partial charge in [0.05, 0.1) is 16.8 Å². The van der Waals surface area contributed by atoms with Crippen molar-refractivity contribution in [3.63, 3.8) is 0 Å². The van der Waals surface area contributed by atoms with Gasteiger partial charge >= 0.3 is 0 Å². The average Bonchev–Trinajstić information content (AvgIpc) is 2.82. The van der Waals surface area contributed by atoms with Gasteiger partial charge in [-0.1, -0.05) is 30.3 Å². The maximum Gasteiger partial charge on any atom is 0.252 e. The molecule has 4 rings (SSSR count). The number of nitrogens with zero attached hydrogens (tertiary/aromatic N) is 1. The first-order valence-corrected chi connectivity index (χ1v) is 10.8. The number of fused-ring (bicyclic) bond motifs is 1. The SMILES string of the molecule is NC[C@H]1CC[C@H](CNC(=O)c2cc(-c3ccc(C(N)=O)cc3)nc3ccccc23)CC1. The minimum atomic E-state index is -0.474. The Morgan fingerprint density at radius 3 is 2.32 bits per heavy atom. The molecular formula is C25H28N4O2. The van der Waals surface area contributed by atoms with Crippen LogP contribution in [0.1, 0.15) is 46.4 Å². The molecule has 5 N–H and O–H groups in total. The van der Waals surface area contributed by atoms with Gasteiger partial charge in [0.2, 0.25) is 5.91 Å². The summed E-state index contributed by atoms with van der Waals surface area (Å²) >= 11 is 0. The molecule has 0 bridgehead atoms. The molecule has 1 heterocycles. The minimum Gasteiger partial charge on any atom is -0.366 e. The zero-order valence-electron chi connectivity index (χ0n) is 17.5. The van der Waals surface area contributed by atoms with Crippen molar-refractivity contribution in [2.24, 2.45) is 23.3 Å². The van der Waals surface area contributed by atoms with Crippen LogP contribution in [0, 0.1) is 11.8 Å². The summed E-state index contributed by atoms with van der Waals surface area (Å²) in [6, 6.07) is 16.4. The Labute approximate surface area is 182 Å². The first-order chi connectivity index (χ1) is 15.0. The zero-order chi connectivity index (χ0) is 21.8. The lowest BCUT2D eigenvalue weighted by Crippen LogP contribution is -2.32. The number of benzene rings is 2. The van der Waals surface area contributed by atoms with Crippen molar-refractivity contribution in [2.45, 2.75) is 25.7 Å². The second kappa shape index (κ2) is 9.27. The molecule has 0 spiro atoms. The van der Waals surface area contributed by atoms with Crippen LogP contribution in [0.25, 0.3) is 22.2 Å². The predicted molar refractivity (Wildman–Crippen MR) is 123 cm³/mol. The highest BCUT2D eigenvalue weighted by Gasteiger charge is 2.21. The molecule has 0 atom stereocenters. The van der Waals surface area contributed by atoms with Crippen molar-refractivity contribution in [3.8, 4) is 11.3 Å². The number of hydrogen-bond donors (Lipinski definition) is 3. The van der Waals surface area contributed by atoms with E-state index >= 15 is 0 Å². The molecule has 0 aliphatic heterocycles. The number of rotatable bonds is 6. The fourth-order valence-corrected chi connectivity index (χ4v) is 4.32. The quantitative estimate of drug-likeness (QED) is 0.571. The van der Waals surface area contributed by atoms with Gasteiger partial charge in [0.25, 0.3) is 5.91 Å². The van der Waals surface area contributed by atoms with Gasteiger partial charge in [-0.25, -0.2) is 4.98 Å². The Morgan fingerprint density at radius 1 is 0.968 bits per heavy atom. The number of carbonyl (C=O) groups is 2. The van der Waals surface area contributed by atoms with E-state index in [0.29, 0.717) is 35.2 Å². The molecular weight excluding hydrogens is 388 g/mol. The molecule has 0 unspecified atom stereocenters. The Kier molecular flexibility index (Phi) is 6.28. The van der Waals surface area contributed by atoms with Crippen molar-refractivity contribution >= 4 is 22.7 Å². The van der Waals surface area contributed by atoms with Gasteiger partial charge < -0.3 is 16.8 Å². The molecule has 2 amide bonds. The minimum absolute atomic E-state index is 0.0884. The van der Waals surface area contributed by atoms with Crippen LogP contribution in [-0.2, 0) is 0 Å². The van der Waals surface area contributed by atoms with Crippen molar-refractivity contribution in [1.82, 2.24) is 10.3 Å². The first-order valence-electron chi connectivity index (χ1n) is 10.8. The lowest BCUT2D eigenvalue weighted by atomic mass is 9.82. The number of amides is 2. The summed E-state index contributed by atoms with van der Waals surface area (Å²) in [6.07, 6.45) is 4.49. The molecule has 1 fully saturated rings. The smallest absolute Gasteiger partial charge is 0.252 e. The average molecular weight is 417 g/mol. The van der Waals surface area contributed by atoms with Gasteiger partial charge in [-0.2, -0.15) is 0 Å². The number of para-hydroxylation sites is 1. The van der Waals surface area contributed by atoms with Crippen molar-refractivity contribution < 1.29 is 9.59 Å². The van der Waals surface area contributed by atoms with Gasteiger partial charge in [-0.3, -0.25) is 9.59 Å². The fraction of sp³-hybridized carbons (Fsp3) is 0.320. The van der Waals surface area contributed by atoms with Crippen LogP contribution in [0.3, 0.4) is 0 Å². The van der Waals surface area contributed by atoms with E-state index in [0.717, 1.165) is 48.7 Å². The maximum absolute atomic E-state index is 13.1. The van der Waals surface area contributed by atoms with Crippen molar-refractivity contribution in [2.75, 3.05) is 13.1 Å². The lowest BCUT2D eigenvalue weighted by Gasteiger charge is -2.27. The first kappa shape index (κ1) is 21.0. The Bertz CT molecular complexity index is 1090. The molecule has 0 saturated heterocycles. The van der Waals surface area contributed by atoms with Crippen LogP contribution < -0.4 is 16.8 Å². The van der Waals surface area contributed by atoms with Gasteiger partial charge in [0.1, 0.15) is 0 Å². The summed E-state index contributed by atoms with van der Waals surface area (Å²) in [5, 5.41) is 3.96. The molecule has 3 aromatic rings. The van der Waals surface area contributed by atoms with E-state index in [2.05, 4.69) is 5.32 Å². The van der Waals surface area contributed by atoms with E-state index in [1.54, 1.807) is 24.3 Å². The van der Waals surface area contributed by atoms with Crippen LogP contribution >= 0.6 is 0 Å². The highest BCUT2D eigenvalue weighted by Crippen LogP contribution is 2.28. The van der Waals surface area contributed by atoms with Crippen molar-refractivity contribution in [1.29, 1.82) is 0 Å². The lowest BCUT2D eigenvalue weighted by molar-refractivity contribution is 0.0942. The molecule has 2 aromatic carbocycles. The number of carbonyl (C=O) groups excluding carboxylic acids is 2. The summed E-state index contributed by atoms with van der Waals surface area (Å²) in [4.78, 5) is 29.2. The fourth-order valence-electron chi connectivity index (χ4n) is 4.32. The highest BCUT2D eigenvalue weighted by atomic mass is 16.2. The number of pyridine rings is 1. The summed E-state index contributed by atoms with van der Waals surface area (Å²) < 4.78 is 0. The van der Waals surface area contributed by atoms with E-state index in [9.17, 15) is 9.59 Å². The Morgan fingerprint density at radius 2 is 1.65 bits per heavy atom. The van der Waals surface area contributed by atoms with Gasteiger partial charge in [-0.05, 0) is 68.3 Å². The monoisotopic (exact) mass is 416 g/mol. The number of aromatic nitrogens is 1. The Hall–Kier alpha value is -3.25. The molecule has 0 radical (unpaired) electrons. The maximum atomic E-state index is 13.1. The summed E-state index contributed by atoms with van der Waals surface area (Å²) in [6.45, 7) is 1.43. The second-order valence-corrected chi connectivity index (χ2v) is 8.35. The summed E-state index contributed by atoms with van der Waals surface area (Å²) in [5.74, 6) is 0.563. The molecule has 1 aliphatic carbocycles. The standard InChI is InChI=1S/C25H28N4O2/c26-14-16-5-7-17(8-6-16)15-28-25(31)21-13-23(29-22-4-2-1-3-20(21)22)18-9-11-19(12-10-18)24(27)30/h1-4,9-13,16-17H,5-8,14-15,26H2,(H2,27,30)(H,28,31)/t16-,17-. The summed E-state index contributed by atoms with van der Waals surface area (Å²) in [7, 11) is 0. The second-order valence-electron chi connectivity index (χ2n) is 8.35. The third-order valence-electron chi connectivity index (χ3n) is 6.28. The predicted octanol–water partition coefficient (Wildman–Crippen LogP) is 3.50. The van der Waals surface area contributed by atoms with Crippen LogP contribution in [0.2, 0.25) is 0 Å². The molecule has 6 nitrogen and oxygen atoms in total. The van der Waals surface area contributed by atoms with E-state index in [4.69, 9.17) is 16.5 Å². The third-order valence-corrected chi connectivity index (χ3v) is 6.28. The molecule has 1 aromatic heterocycles. The van der Waals surface area contributed by atoms with Crippen LogP contribution in [0.15, 0.2) is 54.6 Å². The van der Waals surface area contributed by atoms with E-state index in [1.165, 1.54) is 0 Å². The zero-order valence-corrected chi connectivity index (χ0v) is 17.5. The van der Waals surface area contributed by atoms with Crippen LogP contribution in [0.5, 0.6) is 0 Å². The van der Waals surface area contributed by atoms with Crippen LogP contribution in [-0.4, -0.2) is 29.9 Å². The molecule has 31 heavy (non-hydrogen) atoms. The van der Waals surface area contributed by atoms with E-state index < -0.39 is 5.91 Å². The molecule has 1 saturated carbocycles. The number of primary amides is 1. The third kappa shape index (κ3) is 4.75. The highest BCUT2D eigenvalue weighted by molar-refractivity contribution is 6.07. The van der Waals surface area contributed by atoms with Gasteiger partial charge in [0.15, 0.2) is 0 Å². The number of nitrogens with one attached hydrogen (secondary N) is 1.